The predicted molar refractivity (Wildman–Crippen MR) is 72.3 cm³/mol. The standard InChI is InChI=1S/C15H17NO/c1-10-4-6-14(16)13(8-10)12-5-7-15(17-3)11(2)9-12/h4-9H,16H2,1-3H3. The molecule has 0 aliphatic rings. The molecule has 2 aromatic rings. The van der Waals surface area contributed by atoms with Gasteiger partial charge < -0.3 is 10.5 Å². The Morgan fingerprint density at radius 1 is 1.00 bits per heavy atom. The summed E-state index contributed by atoms with van der Waals surface area (Å²) in [6.45, 7) is 4.10. The van der Waals surface area contributed by atoms with Crippen LogP contribution in [0.5, 0.6) is 5.75 Å². The Balaban J connectivity index is 2.53. The van der Waals surface area contributed by atoms with Crippen molar-refractivity contribution >= 4 is 5.69 Å². The molecule has 0 spiro atoms. The lowest BCUT2D eigenvalue weighted by Gasteiger charge is -2.10. The fourth-order valence-corrected chi connectivity index (χ4v) is 1.97. The highest BCUT2D eigenvalue weighted by Gasteiger charge is 2.05. The van der Waals surface area contributed by atoms with Crippen LogP contribution in [-0.4, -0.2) is 7.11 Å². The molecular formula is C15H17NO. The lowest BCUT2D eigenvalue weighted by atomic mass is 9.99. The van der Waals surface area contributed by atoms with Gasteiger partial charge in [0.1, 0.15) is 5.75 Å². The molecule has 2 N–H and O–H groups in total. The molecule has 0 amide bonds. The Morgan fingerprint density at radius 3 is 2.41 bits per heavy atom. The number of hydrogen-bond donors (Lipinski definition) is 1. The van der Waals surface area contributed by atoms with Gasteiger partial charge in [0.15, 0.2) is 0 Å². The first-order valence-corrected chi connectivity index (χ1v) is 5.63. The van der Waals surface area contributed by atoms with E-state index in [-0.39, 0.29) is 0 Å². The second kappa shape index (κ2) is 4.50. The number of nitrogen functional groups attached to an aromatic ring is 1. The second-order valence-electron chi connectivity index (χ2n) is 4.28. The van der Waals surface area contributed by atoms with Gasteiger partial charge in [-0.15, -0.1) is 0 Å². The van der Waals surface area contributed by atoms with E-state index in [0.717, 1.165) is 28.1 Å². The van der Waals surface area contributed by atoms with E-state index in [1.165, 1.54) is 5.56 Å². The Morgan fingerprint density at radius 2 is 1.76 bits per heavy atom. The number of nitrogens with two attached hydrogens (primary N) is 1. The lowest BCUT2D eigenvalue weighted by molar-refractivity contribution is 0.412. The fourth-order valence-electron chi connectivity index (χ4n) is 1.97. The van der Waals surface area contributed by atoms with Gasteiger partial charge >= 0.3 is 0 Å². The summed E-state index contributed by atoms with van der Waals surface area (Å²) in [6.07, 6.45) is 0. The molecule has 0 radical (unpaired) electrons. The smallest absolute Gasteiger partial charge is 0.121 e. The predicted octanol–water partition coefficient (Wildman–Crippen LogP) is 3.56. The maximum Gasteiger partial charge on any atom is 0.121 e. The molecule has 0 fully saturated rings. The number of aryl methyl sites for hydroxylation is 2. The third-order valence-electron chi connectivity index (χ3n) is 2.91. The molecule has 0 heterocycles. The van der Waals surface area contributed by atoms with Gasteiger partial charge in [0, 0.05) is 11.3 Å². The summed E-state index contributed by atoms with van der Waals surface area (Å²) in [5, 5.41) is 0. The summed E-state index contributed by atoms with van der Waals surface area (Å²) in [5.74, 6) is 0.903. The van der Waals surface area contributed by atoms with Crippen LogP contribution in [-0.2, 0) is 0 Å². The molecule has 17 heavy (non-hydrogen) atoms. The highest BCUT2D eigenvalue weighted by Crippen LogP contribution is 2.30. The second-order valence-corrected chi connectivity index (χ2v) is 4.28. The Kier molecular flexibility index (Phi) is 3.05. The first-order chi connectivity index (χ1) is 8.11. The van der Waals surface area contributed by atoms with Crippen LogP contribution >= 0.6 is 0 Å². The number of methoxy groups -OCH3 is 1. The monoisotopic (exact) mass is 227 g/mol. The highest BCUT2D eigenvalue weighted by atomic mass is 16.5. The van der Waals surface area contributed by atoms with Crippen LogP contribution in [0.25, 0.3) is 11.1 Å². The first-order valence-electron chi connectivity index (χ1n) is 5.63. The third-order valence-corrected chi connectivity index (χ3v) is 2.91. The van der Waals surface area contributed by atoms with E-state index in [9.17, 15) is 0 Å². The van der Waals surface area contributed by atoms with Crippen LogP contribution in [0, 0.1) is 13.8 Å². The average Bonchev–Trinajstić information content (AvgIpc) is 2.32. The summed E-state index contributed by atoms with van der Waals surface area (Å²) in [5.41, 5.74) is 11.4. The molecule has 0 saturated heterocycles. The van der Waals surface area contributed by atoms with E-state index < -0.39 is 0 Å². The van der Waals surface area contributed by atoms with Crippen molar-refractivity contribution in [3.63, 3.8) is 0 Å². The molecule has 0 bridgehead atoms. The molecule has 0 aliphatic heterocycles. The molecule has 0 saturated carbocycles. The van der Waals surface area contributed by atoms with Crippen molar-refractivity contribution in [3.8, 4) is 16.9 Å². The molecule has 88 valence electrons. The number of ether oxygens (including phenoxy) is 1. The van der Waals surface area contributed by atoms with Gasteiger partial charge in [0.2, 0.25) is 0 Å². The van der Waals surface area contributed by atoms with Crippen molar-refractivity contribution in [1.29, 1.82) is 0 Å². The molecule has 0 aromatic heterocycles. The van der Waals surface area contributed by atoms with Crippen LogP contribution in [0.4, 0.5) is 5.69 Å². The zero-order chi connectivity index (χ0) is 12.4. The SMILES string of the molecule is COc1ccc(-c2cc(C)ccc2N)cc1C. The molecule has 2 rings (SSSR count). The maximum atomic E-state index is 6.01. The number of hydrogen-bond acceptors (Lipinski definition) is 2. The van der Waals surface area contributed by atoms with E-state index in [0.29, 0.717) is 0 Å². The Bertz CT molecular complexity index is 547. The van der Waals surface area contributed by atoms with Crippen molar-refractivity contribution in [3.05, 3.63) is 47.5 Å². The molecule has 0 atom stereocenters. The zero-order valence-electron chi connectivity index (χ0n) is 10.4. The summed E-state index contributed by atoms with van der Waals surface area (Å²) in [6, 6.07) is 12.2. The minimum absolute atomic E-state index is 0.806. The summed E-state index contributed by atoms with van der Waals surface area (Å²) < 4.78 is 5.26. The maximum absolute atomic E-state index is 6.01. The Hall–Kier alpha value is -1.96. The quantitative estimate of drug-likeness (QED) is 0.796. The van der Waals surface area contributed by atoms with Crippen LogP contribution in [0.1, 0.15) is 11.1 Å². The van der Waals surface area contributed by atoms with Gasteiger partial charge in [0.05, 0.1) is 7.11 Å². The van der Waals surface area contributed by atoms with Gasteiger partial charge in [-0.2, -0.15) is 0 Å². The van der Waals surface area contributed by atoms with Crippen molar-refractivity contribution in [2.75, 3.05) is 12.8 Å². The molecular weight excluding hydrogens is 210 g/mol. The largest absolute Gasteiger partial charge is 0.496 e. The van der Waals surface area contributed by atoms with E-state index in [1.54, 1.807) is 7.11 Å². The van der Waals surface area contributed by atoms with E-state index >= 15 is 0 Å². The number of benzene rings is 2. The summed E-state index contributed by atoms with van der Waals surface area (Å²) in [7, 11) is 1.68. The van der Waals surface area contributed by atoms with Crippen LogP contribution in [0.3, 0.4) is 0 Å². The number of anilines is 1. The first kappa shape index (κ1) is 11.5. The van der Waals surface area contributed by atoms with Crippen molar-refractivity contribution in [2.24, 2.45) is 0 Å². The normalized spacial score (nSPS) is 10.3. The van der Waals surface area contributed by atoms with Crippen LogP contribution in [0.2, 0.25) is 0 Å². The lowest BCUT2D eigenvalue weighted by Crippen LogP contribution is -1.92. The molecule has 0 unspecified atom stereocenters. The van der Waals surface area contributed by atoms with E-state index in [1.807, 2.05) is 31.2 Å². The molecule has 0 aliphatic carbocycles. The van der Waals surface area contributed by atoms with Gasteiger partial charge in [-0.3, -0.25) is 0 Å². The summed E-state index contributed by atoms with van der Waals surface area (Å²) in [4.78, 5) is 0. The third kappa shape index (κ3) is 2.26. The van der Waals surface area contributed by atoms with Crippen molar-refractivity contribution in [1.82, 2.24) is 0 Å². The van der Waals surface area contributed by atoms with Gasteiger partial charge in [-0.1, -0.05) is 17.7 Å². The minimum Gasteiger partial charge on any atom is -0.496 e. The molecule has 2 nitrogen and oxygen atoms in total. The van der Waals surface area contributed by atoms with Crippen molar-refractivity contribution in [2.45, 2.75) is 13.8 Å². The molecule has 2 heteroatoms. The topological polar surface area (TPSA) is 35.2 Å². The zero-order valence-corrected chi connectivity index (χ0v) is 10.4. The highest BCUT2D eigenvalue weighted by molar-refractivity contribution is 5.77. The minimum atomic E-state index is 0.806. The van der Waals surface area contributed by atoms with Gasteiger partial charge in [0.25, 0.3) is 0 Å². The van der Waals surface area contributed by atoms with Crippen LogP contribution in [0.15, 0.2) is 36.4 Å². The van der Waals surface area contributed by atoms with Gasteiger partial charge in [-0.25, -0.2) is 0 Å². The van der Waals surface area contributed by atoms with E-state index in [2.05, 4.69) is 19.1 Å². The fraction of sp³-hybridized carbons (Fsp3) is 0.200. The van der Waals surface area contributed by atoms with Crippen molar-refractivity contribution < 1.29 is 4.74 Å². The van der Waals surface area contributed by atoms with Crippen LogP contribution < -0.4 is 10.5 Å². The van der Waals surface area contributed by atoms with Gasteiger partial charge in [-0.05, 0) is 49.2 Å². The molecule has 2 aromatic carbocycles. The average molecular weight is 227 g/mol. The Labute approximate surface area is 102 Å². The summed E-state index contributed by atoms with van der Waals surface area (Å²) >= 11 is 0. The van der Waals surface area contributed by atoms with E-state index in [4.69, 9.17) is 10.5 Å². The number of rotatable bonds is 2.